The summed E-state index contributed by atoms with van der Waals surface area (Å²) in [6.45, 7) is 10.5. The van der Waals surface area contributed by atoms with Gasteiger partial charge < -0.3 is 4.42 Å². The summed E-state index contributed by atoms with van der Waals surface area (Å²) in [5.74, 6) is 0.833. The molecule has 0 saturated heterocycles. The molecule has 2 nitrogen and oxygen atoms in total. The first-order valence-corrected chi connectivity index (χ1v) is 6.08. The average molecular weight is 234 g/mol. The number of hydrogen-bond donors (Lipinski definition) is 0. The van der Waals surface area contributed by atoms with Gasteiger partial charge in [-0.3, -0.25) is 0 Å². The van der Waals surface area contributed by atoms with Crippen molar-refractivity contribution in [3.8, 4) is 0 Å². The first-order valence-electron chi connectivity index (χ1n) is 6.08. The van der Waals surface area contributed by atoms with Crippen LogP contribution in [0.1, 0.15) is 34.6 Å². The van der Waals surface area contributed by atoms with Crippen LogP contribution in [-0.2, 0) is 0 Å². The van der Waals surface area contributed by atoms with Gasteiger partial charge in [-0.2, -0.15) is 0 Å². The number of para-hydroxylation sites is 1. The van der Waals surface area contributed by atoms with Crippen molar-refractivity contribution < 1.29 is 4.42 Å². The second-order valence-electron chi connectivity index (χ2n) is 4.02. The van der Waals surface area contributed by atoms with Crippen LogP contribution in [0.15, 0.2) is 45.6 Å². The van der Waals surface area contributed by atoms with Gasteiger partial charge >= 0.3 is 5.63 Å². The molecule has 0 aliphatic rings. The fourth-order valence-corrected chi connectivity index (χ4v) is 1.01. The third kappa shape index (κ3) is 6.56. The molecule has 17 heavy (non-hydrogen) atoms. The summed E-state index contributed by atoms with van der Waals surface area (Å²) in [7, 11) is 0. The standard InChI is InChI=1S/C9H6O2.C4H10.C2H6/c10-9-6-5-7-3-1-2-4-8(7)11-9;1-4(2)3;1-2/h1-6H;4H,1-3H3;1-2H3. The fraction of sp³-hybridized carbons (Fsp3) is 0.400. The molecule has 0 aliphatic carbocycles. The zero-order valence-corrected chi connectivity index (χ0v) is 11.4. The average Bonchev–Trinajstić information content (AvgIpc) is 2.31. The van der Waals surface area contributed by atoms with E-state index >= 15 is 0 Å². The largest absolute Gasteiger partial charge is 0.423 e. The maximum absolute atomic E-state index is 10.7. The highest BCUT2D eigenvalue weighted by molar-refractivity contribution is 5.75. The normalized spacial score (nSPS) is 9.06. The lowest BCUT2D eigenvalue weighted by Crippen LogP contribution is -1.93. The van der Waals surface area contributed by atoms with Crippen molar-refractivity contribution >= 4 is 11.0 Å². The highest BCUT2D eigenvalue weighted by Crippen LogP contribution is 2.08. The van der Waals surface area contributed by atoms with E-state index in [9.17, 15) is 4.79 Å². The molecule has 0 N–H and O–H groups in total. The van der Waals surface area contributed by atoms with E-state index in [2.05, 4.69) is 20.8 Å². The fourth-order valence-electron chi connectivity index (χ4n) is 1.01. The minimum absolute atomic E-state index is 0.302. The van der Waals surface area contributed by atoms with Gasteiger partial charge in [0.25, 0.3) is 0 Å². The molecule has 1 aromatic carbocycles. The van der Waals surface area contributed by atoms with Crippen molar-refractivity contribution in [1.29, 1.82) is 0 Å². The Labute approximate surface area is 103 Å². The molecule has 2 rings (SSSR count). The lowest BCUT2D eigenvalue weighted by atomic mass is 10.2. The second kappa shape index (κ2) is 8.57. The minimum Gasteiger partial charge on any atom is -0.423 e. The molecule has 94 valence electrons. The molecular weight excluding hydrogens is 212 g/mol. The Bertz CT molecular complexity index is 467. The van der Waals surface area contributed by atoms with Crippen LogP contribution in [0.3, 0.4) is 0 Å². The van der Waals surface area contributed by atoms with Crippen molar-refractivity contribution in [2.24, 2.45) is 5.92 Å². The van der Waals surface area contributed by atoms with E-state index in [1.165, 1.54) is 6.07 Å². The SMILES string of the molecule is CC.CC(C)C.O=c1ccc2ccccc2o1. The van der Waals surface area contributed by atoms with Crippen molar-refractivity contribution in [3.63, 3.8) is 0 Å². The van der Waals surface area contributed by atoms with E-state index in [0.29, 0.717) is 5.58 Å². The summed E-state index contributed by atoms with van der Waals surface area (Å²) in [4.78, 5) is 10.7. The van der Waals surface area contributed by atoms with Crippen LogP contribution >= 0.6 is 0 Å². The predicted molar refractivity (Wildman–Crippen MR) is 74.3 cm³/mol. The van der Waals surface area contributed by atoms with Gasteiger partial charge in [0.1, 0.15) is 5.58 Å². The summed E-state index contributed by atoms with van der Waals surface area (Å²) in [6, 6.07) is 10.6. The van der Waals surface area contributed by atoms with Crippen molar-refractivity contribution in [3.05, 3.63) is 46.8 Å². The molecule has 0 amide bonds. The van der Waals surface area contributed by atoms with Crippen LogP contribution in [0.25, 0.3) is 11.0 Å². The molecule has 0 saturated carbocycles. The maximum Gasteiger partial charge on any atom is 0.336 e. The summed E-state index contributed by atoms with van der Waals surface area (Å²) in [5.41, 5.74) is 0.337. The molecular formula is C15H22O2. The molecule has 0 unspecified atom stereocenters. The molecule has 1 aromatic heterocycles. The Hall–Kier alpha value is -1.57. The smallest absolute Gasteiger partial charge is 0.336 e. The Morgan fingerprint density at radius 2 is 1.47 bits per heavy atom. The van der Waals surface area contributed by atoms with Gasteiger partial charge in [-0.05, 0) is 18.1 Å². The first-order chi connectivity index (χ1) is 8.09. The van der Waals surface area contributed by atoms with E-state index in [0.717, 1.165) is 11.3 Å². The zero-order chi connectivity index (χ0) is 13.3. The number of benzene rings is 1. The molecule has 0 atom stereocenters. The van der Waals surface area contributed by atoms with E-state index in [4.69, 9.17) is 4.42 Å². The van der Waals surface area contributed by atoms with Gasteiger partial charge in [-0.1, -0.05) is 52.8 Å². The van der Waals surface area contributed by atoms with E-state index in [1.54, 1.807) is 12.1 Å². The first kappa shape index (κ1) is 15.4. The van der Waals surface area contributed by atoms with Crippen LogP contribution in [-0.4, -0.2) is 0 Å². The minimum atomic E-state index is -0.302. The van der Waals surface area contributed by atoms with Gasteiger partial charge in [-0.15, -0.1) is 0 Å². The summed E-state index contributed by atoms with van der Waals surface area (Å²) in [5, 5.41) is 0.951. The van der Waals surface area contributed by atoms with Crippen LogP contribution in [0, 0.1) is 5.92 Å². The quantitative estimate of drug-likeness (QED) is 0.629. The van der Waals surface area contributed by atoms with Crippen molar-refractivity contribution in [2.45, 2.75) is 34.6 Å². The highest BCUT2D eigenvalue weighted by Gasteiger charge is 1.92. The van der Waals surface area contributed by atoms with E-state index < -0.39 is 0 Å². The van der Waals surface area contributed by atoms with Gasteiger partial charge in [-0.25, -0.2) is 4.79 Å². The van der Waals surface area contributed by atoms with Crippen molar-refractivity contribution in [2.75, 3.05) is 0 Å². The Balaban J connectivity index is 0.000000368. The Morgan fingerprint density at radius 3 is 2.06 bits per heavy atom. The topological polar surface area (TPSA) is 30.2 Å². The predicted octanol–water partition coefficient (Wildman–Crippen LogP) is 4.48. The third-order valence-corrected chi connectivity index (χ3v) is 1.53. The Kier molecular flexibility index (Phi) is 7.78. The van der Waals surface area contributed by atoms with Crippen LogP contribution in [0.2, 0.25) is 0 Å². The zero-order valence-electron chi connectivity index (χ0n) is 11.4. The third-order valence-electron chi connectivity index (χ3n) is 1.53. The number of hydrogen-bond acceptors (Lipinski definition) is 2. The molecule has 0 fully saturated rings. The maximum atomic E-state index is 10.7. The lowest BCUT2D eigenvalue weighted by Gasteiger charge is -1.91. The van der Waals surface area contributed by atoms with Crippen LogP contribution in [0.5, 0.6) is 0 Å². The molecule has 0 radical (unpaired) electrons. The molecule has 2 aromatic rings. The van der Waals surface area contributed by atoms with E-state index in [1.807, 2.05) is 32.0 Å². The summed E-state index contributed by atoms with van der Waals surface area (Å²) >= 11 is 0. The van der Waals surface area contributed by atoms with Crippen LogP contribution < -0.4 is 5.63 Å². The van der Waals surface area contributed by atoms with Crippen LogP contribution in [0.4, 0.5) is 0 Å². The molecule has 0 bridgehead atoms. The van der Waals surface area contributed by atoms with Gasteiger partial charge in [0, 0.05) is 11.5 Å². The number of fused-ring (bicyclic) bond motifs is 1. The monoisotopic (exact) mass is 234 g/mol. The Morgan fingerprint density at radius 1 is 0.941 bits per heavy atom. The van der Waals surface area contributed by atoms with Gasteiger partial charge in [0.2, 0.25) is 0 Å². The molecule has 0 spiro atoms. The molecule has 0 aliphatic heterocycles. The highest BCUT2D eigenvalue weighted by atomic mass is 16.4. The van der Waals surface area contributed by atoms with Gasteiger partial charge in [0.15, 0.2) is 0 Å². The van der Waals surface area contributed by atoms with Gasteiger partial charge in [0.05, 0.1) is 0 Å². The van der Waals surface area contributed by atoms with E-state index in [-0.39, 0.29) is 5.63 Å². The summed E-state index contributed by atoms with van der Waals surface area (Å²) < 4.78 is 4.91. The second-order valence-corrected chi connectivity index (χ2v) is 4.02. The summed E-state index contributed by atoms with van der Waals surface area (Å²) in [6.07, 6.45) is 0. The molecule has 1 heterocycles. The van der Waals surface area contributed by atoms with Crippen molar-refractivity contribution in [1.82, 2.24) is 0 Å². The molecule has 2 heteroatoms. The lowest BCUT2D eigenvalue weighted by molar-refractivity contribution is 0.561. The number of rotatable bonds is 0.